The zero-order valence-electron chi connectivity index (χ0n) is 10.7. The van der Waals surface area contributed by atoms with E-state index >= 15 is 0 Å². The van der Waals surface area contributed by atoms with Gasteiger partial charge in [0.25, 0.3) is 0 Å². The highest BCUT2D eigenvalue weighted by molar-refractivity contribution is 6.74. The third-order valence-corrected chi connectivity index (χ3v) is 7.60. The van der Waals surface area contributed by atoms with Gasteiger partial charge in [-0.15, -0.1) is 6.58 Å². The van der Waals surface area contributed by atoms with Gasteiger partial charge in [-0.1, -0.05) is 33.8 Å². The Morgan fingerprint density at radius 3 is 2.21 bits per heavy atom. The molecule has 0 aliphatic rings. The van der Waals surface area contributed by atoms with Crippen LogP contribution in [0.4, 0.5) is 0 Å². The number of hydrogen-bond acceptors (Lipinski definition) is 1. The first kappa shape index (κ1) is 13.9. The molecule has 2 heteroatoms. The van der Waals surface area contributed by atoms with Crippen LogP contribution < -0.4 is 0 Å². The van der Waals surface area contributed by atoms with Crippen molar-refractivity contribution in [2.75, 3.05) is 6.61 Å². The van der Waals surface area contributed by atoms with Gasteiger partial charge in [0.05, 0.1) is 0 Å². The third-order valence-electron chi connectivity index (χ3n) is 3.10. The molecule has 0 spiro atoms. The number of allylic oxidation sites excluding steroid dienone is 1. The molecule has 0 aromatic rings. The Hall–Kier alpha value is -0.0831. The Morgan fingerprint density at radius 2 is 1.86 bits per heavy atom. The molecule has 0 unspecified atom stereocenters. The van der Waals surface area contributed by atoms with Gasteiger partial charge >= 0.3 is 0 Å². The maximum Gasteiger partial charge on any atom is 0.191 e. The molecule has 1 nitrogen and oxygen atoms in total. The Kier molecular flexibility index (Phi) is 5.10. The average molecular weight is 214 g/mol. The van der Waals surface area contributed by atoms with Crippen LogP contribution in [0.5, 0.6) is 0 Å². The van der Waals surface area contributed by atoms with E-state index in [2.05, 4.69) is 47.4 Å². The lowest BCUT2D eigenvalue weighted by Crippen LogP contribution is -2.41. The maximum atomic E-state index is 6.10. The van der Waals surface area contributed by atoms with Crippen molar-refractivity contribution in [3.63, 3.8) is 0 Å². The summed E-state index contributed by atoms with van der Waals surface area (Å²) in [5.41, 5.74) is 0. The number of hydrogen-bond donors (Lipinski definition) is 0. The van der Waals surface area contributed by atoms with Crippen LogP contribution in [0.15, 0.2) is 12.7 Å². The minimum Gasteiger partial charge on any atom is -0.417 e. The van der Waals surface area contributed by atoms with Crippen LogP contribution in [0.25, 0.3) is 0 Å². The second-order valence-corrected chi connectivity index (χ2v) is 10.5. The van der Waals surface area contributed by atoms with Crippen LogP contribution in [0.1, 0.15) is 34.1 Å². The Bertz CT molecular complexity index is 179. The second-order valence-electron chi connectivity index (χ2n) is 5.70. The van der Waals surface area contributed by atoms with Gasteiger partial charge in [-0.05, 0) is 30.5 Å². The van der Waals surface area contributed by atoms with E-state index in [-0.39, 0.29) is 0 Å². The molecular weight excluding hydrogens is 188 g/mol. The van der Waals surface area contributed by atoms with Crippen LogP contribution in [-0.4, -0.2) is 14.9 Å². The van der Waals surface area contributed by atoms with Gasteiger partial charge in [-0.3, -0.25) is 0 Å². The summed E-state index contributed by atoms with van der Waals surface area (Å²) < 4.78 is 6.10. The van der Waals surface area contributed by atoms with Gasteiger partial charge in [-0.2, -0.15) is 0 Å². The van der Waals surface area contributed by atoms with Crippen molar-refractivity contribution in [2.24, 2.45) is 5.92 Å². The Labute approximate surface area is 90.7 Å². The maximum absolute atomic E-state index is 6.10. The zero-order chi connectivity index (χ0) is 11.4. The normalized spacial score (nSPS) is 15.3. The Morgan fingerprint density at radius 1 is 1.36 bits per heavy atom. The van der Waals surface area contributed by atoms with Crippen molar-refractivity contribution in [2.45, 2.75) is 52.2 Å². The predicted octanol–water partition coefficient (Wildman–Crippen LogP) is 4.22. The summed E-state index contributed by atoms with van der Waals surface area (Å²) in [4.78, 5) is 0. The largest absolute Gasteiger partial charge is 0.417 e. The van der Waals surface area contributed by atoms with Crippen molar-refractivity contribution in [3.8, 4) is 0 Å². The molecule has 0 heterocycles. The van der Waals surface area contributed by atoms with E-state index in [0.717, 1.165) is 13.0 Å². The first-order valence-electron chi connectivity index (χ1n) is 5.45. The van der Waals surface area contributed by atoms with Crippen molar-refractivity contribution in [1.29, 1.82) is 0 Å². The smallest absolute Gasteiger partial charge is 0.191 e. The van der Waals surface area contributed by atoms with E-state index in [9.17, 15) is 0 Å². The van der Waals surface area contributed by atoms with Gasteiger partial charge in [0, 0.05) is 6.61 Å². The minimum absolute atomic E-state index is 0.320. The van der Waals surface area contributed by atoms with Crippen LogP contribution in [0.2, 0.25) is 18.1 Å². The van der Waals surface area contributed by atoms with Gasteiger partial charge in [0.2, 0.25) is 0 Å². The molecule has 0 aromatic carbocycles. The molecule has 84 valence electrons. The van der Waals surface area contributed by atoms with Crippen LogP contribution in [0, 0.1) is 5.92 Å². The second kappa shape index (κ2) is 5.13. The summed E-state index contributed by atoms with van der Waals surface area (Å²) in [5, 5.41) is 0.320. The highest BCUT2D eigenvalue weighted by Gasteiger charge is 2.37. The molecule has 0 aliphatic carbocycles. The molecule has 0 rings (SSSR count). The predicted molar refractivity (Wildman–Crippen MR) is 67.1 cm³/mol. The third kappa shape index (κ3) is 4.42. The van der Waals surface area contributed by atoms with E-state index in [1.807, 2.05) is 6.08 Å². The highest BCUT2D eigenvalue weighted by atomic mass is 28.4. The lowest BCUT2D eigenvalue weighted by Gasteiger charge is -2.36. The zero-order valence-corrected chi connectivity index (χ0v) is 11.7. The number of rotatable bonds is 5. The molecule has 0 radical (unpaired) electrons. The minimum atomic E-state index is -1.53. The lowest BCUT2D eigenvalue weighted by atomic mass is 10.1. The van der Waals surface area contributed by atoms with Gasteiger partial charge < -0.3 is 4.43 Å². The molecule has 0 saturated heterocycles. The monoisotopic (exact) mass is 214 g/mol. The quantitative estimate of drug-likeness (QED) is 0.492. The van der Waals surface area contributed by atoms with Gasteiger partial charge in [-0.25, -0.2) is 0 Å². The SMILES string of the molecule is C=CC[C@@H](C)CO[Si](C)(C)C(C)(C)C. The van der Waals surface area contributed by atoms with Crippen molar-refractivity contribution in [3.05, 3.63) is 12.7 Å². The Balaban J connectivity index is 4.05. The first-order valence-corrected chi connectivity index (χ1v) is 8.36. The van der Waals surface area contributed by atoms with Crippen molar-refractivity contribution in [1.82, 2.24) is 0 Å². The summed E-state index contributed by atoms with van der Waals surface area (Å²) in [7, 11) is -1.53. The van der Waals surface area contributed by atoms with E-state index in [4.69, 9.17) is 4.43 Å². The highest BCUT2D eigenvalue weighted by Crippen LogP contribution is 2.36. The summed E-state index contributed by atoms with van der Waals surface area (Å²) in [5.74, 6) is 0.599. The van der Waals surface area contributed by atoms with E-state index < -0.39 is 8.32 Å². The fourth-order valence-electron chi connectivity index (χ4n) is 0.920. The lowest BCUT2D eigenvalue weighted by molar-refractivity contribution is 0.238. The topological polar surface area (TPSA) is 9.23 Å². The van der Waals surface area contributed by atoms with Crippen molar-refractivity contribution < 1.29 is 4.43 Å². The van der Waals surface area contributed by atoms with E-state index in [1.54, 1.807) is 0 Å². The molecular formula is C12H26OSi. The van der Waals surface area contributed by atoms with Gasteiger partial charge in [0.1, 0.15) is 0 Å². The standard InChI is InChI=1S/C12H26OSi/c1-8-9-11(2)10-13-14(6,7)12(3,4)5/h8,11H,1,9-10H2,2-7H3/t11-/m1/s1. The fraction of sp³-hybridized carbons (Fsp3) is 0.833. The van der Waals surface area contributed by atoms with Crippen LogP contribution >= 0.6 is 0 Å². The summed E-state index contributed by atoms with van der Waals surface area (Å²) in [6.07, 6.45) is 3.02. The average Bonchev–Trinajstić information content (AvgIpc) is 1.99. The van der Waals surface area contributed by atoms with Gasteiger partial charge in [0.15, 0.2) is 8.32 Å². The molecule has 0 N–H and O–H groups in total. The summed E-state index contributed by atoms with van der Waals surface area (Å²) in [6.45, 7) is 18.3. The molecule has 1 atom stereocenters. The van der Waals surface area contributed by atoms with E-state index in [0.29, 0.717) is 11.0 Å². The molecule has 0 saturated carbocycles. The molecule has 14 heavy (non-hydrogen) atoms. The molecule has 0 aliphatic heterocycles. The van der Waals surface area contributed by atoms with Crippen LogP contribution in [-0.2, 0) is 4.43 Å². The molecule has 0 bridgehead atoms. The molecule has 0 amide bonds. The molecule has 0 aromatic heterocycles. The molecule has 0 fully saturated rings. The van der Waals surface area contributed by atoms with Crippen LogP contribution in [0.3, 0.4) is 0 Å². The fourth-order valence-corrected chi connectivity index (χ4v) is 2.05. The van der Waals surface area contributed by atoms with Crippen molar-refractivity contribution >= 4 is 8.32 Å². The van der Waals surface area contributed by atoms with E-state index in [1.165, 1.54) is 0 Å². The first-order chi connectivity index (χ1) is 6.20. The summed E-state index contributed by atoms with van der Waals surface area (Å²) in [6, 6.07) is 0. The summed E-state index contributed by atoms with van der Waals surface area (Å²) >= 11 is 0.